The van der Waals surface area contributed by atoms with Crippen LogP contribution in [-0.4, -0.2) is 22.7 Å². The Morgan fingerprint density at radius 3 is 2.50 bits per heavy atom. The van der Waals surface area contributed by atoms with Gasteiger partial charge in [-0.25, -0.2) is 0 Å². The van der Waals surface area contributed by atoms with E-state index >= 15 is 0 Å². The molecule has 0 atom stereocenters. The van der Waals surface area contributed by atoms with Gasteiger partial charge in [-0.2, -0.15) is 13.2 Å². The van der Waals surface area contributed by atoms with Crippen molar-refractivity contribution in [3.63, 3.8) is 0 Å². The number of hydrogen-bond acceptors (Lipinski definition) is 4. The van der Waals surface area contributed by atoms with Gasteiger partial charge in [-0.15, -0.1) is 0 Å². The molecule has 1 aliphatic carbocycles. The van der Waals surface area contributed by atoms with Crippen molar-refractivity contribution in [3.8, 4) is 0 Å². The summed E-state index contributed by atoms with van der Waals surface area (Å²) in [7, 11) is 1.46. The van der Waals surface area contributed by atoms with Crippen LogP contribution in [0, 0.1) is 10.1 Å². The van der Waals surface area contributed by atoms with E-state index in [0.717, 1.165) is 10.8 Å². The largest absolute Gasteiger partial charge is 0.421 e. The van der Waals surface area contributed by atoms with E-state index < -0.39 is 34.0 Å². The van der Waals surface area contributed by atoms with Gasteiger partial charge in [0.05, 0.1) is 17.2 Å². The third kappa shape index (κ3) is 2.53. The Morgan fingerprint density at radius 1 is 1.45 bits per heavy atom. The van der Waals surface area contributed by atoms with Gasteiger partial charge in [0.1, 0.15) is 5.56 Å². The van der Waals surface area contributed by atoms with Gasteiger partial charge in [-0.3, -0.25) is 14.9 Å². The van der Waals surface area contributed by atoms with Gasteiger partial charge in [0.15, 0.2) is 0 Å². The van der Waals surface area contributed by atoms with Crippen LogP contribution in [0.1, 0.15) is 24.4 Å². The highest BCUT2D eigenvalue weighted by molar-refractivity contribution is 5.33. The molecule has 1 heterocycles. The number of pyridine rings is 1. The fraction of sp³-hybridized carbons (Fsp3) is 0.545. The molecule has 0 radical (unpaired) electrons. The Labute approximate surface area is 110 Å². The van der Waals surface area contributed by atoms with Crippen LogP contribution in [0.5, 0.6) is 0 Å². The van der Waals surface area contributed by atoms with Crippen molar-refractivity contribution in [3.05, 3.63) is 38.3 Å². The maximum Gasteiger partial charge on any atom is 0.421 e. The monoisotopic (exact) mass is 292 g/mol. The lowest BCUT2D eigenvalue weighted by molar-refractivity contribution is -0.385. The van der Waals surface area contributed by atoms with Crippen molar-refractivity contribution in [1.29, 1.82) is 0 Å². The zero-order valence-corrected chi connectivity index (χ0v) is 10.4. The zero-order chi connectivity index (χ0) is 15.1. The highest BCUT2D eigenvalue weighted by Gasteiger charge is 2.39. The van der Waals surface area contributed by atoms with E-state index in [2.05, 4.69) is 0 Å². The standard InChI is InChI=1S/C11H11F3N2O4/c1-20-8-2-6(3-8)15-5-7(16(18)19)4-9(10(15)17)11(12,13)14/h4-6,8H,2-3H2,1H3. The van der Waals surface area contributed by atoms with Gasteiger partial charge in [-0.1, -0.05) is 0 Å². The summed E-state index contributed by atoms with van der Waals surface area (Å²) in [5, 5.41) is 10.7. The number of nitro groups is 1. The zero-order valence-electron chi connectivity index (χ0n) is 10.4. The topological polar surface area (TPSA) is 74.4 Å². The lowest BCUT2D eigenvalue weighted by atomic mass is 9.89. The molecule has 0 aromatic carbocycles. The van der Waals surface area contributed by atoms with Crippen LogP contribution in [0.25, 0.3) is 0 Å². The smallest absolute Gasteiger partial charge is 0.381 e. The van der Waals surface area contributed by atoms with E-state index in [1.165, 1.54) is 7.11 Å². The Bertz CT molecular complexity index is 590. The number of methoxy groups -OCH3 is 1. The number of hydrogen-bond donors (Lipinski definition) is 0. The number of aromatic nitrogens is 1. The van der Waals surface area contributed by atoms with Crippen LogP contribution in [0.2, 0.25) is 0 Å². The second kappa shape index (κ2) is 4.89. The van der Waals surface area contributed by atoms with E-state index in [9.17, 15) is 28.1 Å². The molecular weight excluding hydrogens is 281 g/mol. The van der Waals surface area contributed by atoms with E-state index in [1.807, 2.05) is 0 Å². The molecule has 110 valence electrons. The number of alkyl halides is 3. The quantitative estimate of drug-likeness (QED) is 0.631. The number of nitrogens with zero attached hydrogens (tertiary/aromatic N) is 2. The van der Waals surface area contributed by atoms with Crippen molar-refractivity contribution in [2.75, 3.05) is 7.11 Å². The van der Waals surface area contributed by atoms with Crippen molar-refractivity contribution in [1.82, 2.24) is 4.57 Å². The molecule has 1 aliphatic rings. The van der Waals surface area contributed by atoms with Gasteiger partial charge in [0.25, 0.3) is 11.2 Å². The molecule has 0 N–H and O–H groups in total. The fourth-order valence-corrected chi connectivity index (χ4v) is 2.12. The predicted molar refractivity (Wildman–Crippen MR) is 61.4 cm³/mol. The number of ether oxygens (including phenoxy) is 1. The molecule has 2 rings (SSSR count). The van der Waals surface area contributed by atoms with Crippen LogP contribution < -0.4 is 5.56 Å². The second-order valence-electron chi connectivity index (χ2n) is 4.56. The molecule has 1 fully saturated rings. The highest BCUT2D eigenvalue weighted by Crippen LogP contribution is 2.35. The molecule has 0 unspecified atom stereocenters. The molecule has 0 saturated heterocycles. The Kier molecular flexibility index (Phi) is 3.55. The first-order valence-corrected chi connectivity index (χ1v) is 5.74. The average Bonchev–Trinajstić information content (AvgIpc) is 2.27. The summed E-state index contributed by atoms with van der Waals surface area (Å²) in [5.74, 6) is 0. The molecule has 0 aliphatic heterocycles. The van der Waals surface area contributed by atoms with E-state index in [4.69, 9.17) is 4.74 Å². The third-order valence-electron chi connectivity index (χ3n) is 3.34. The molecule has 9 heteroatoms. The van der Waals surface area contributed by atoms with Crippen LogP contribution in [0.15, 0.2) is 17.1 Å². The highest BCUT2D eigenvalue weighted by atomic mass is 19.4. The minimum absolute atomic E-state index is 0.138. The van der Waals surface area contributed by atoms with Crippen molar-refractivity contribution < 1.29 is 22.8 Å². The normalized spacial score (nSPS) is 22.4. The maximum absolute atomic E-state index is 12.7. The summed E-state index contributed by atoms with van der Waals surface area (Å²) in [6.07, 6.45) is -3.49. The Morgan fingerprint density at radius 2 is 2.05 bits per heavy atom. The summed E-state index contributed by atoms with van der Waals surface area (Å²) in [6.45, 7) is 0. The number of rotatable bonds is 3. The van der Waals surface area contributed by atoms with Gasteiger partial charge in [-0.05, 0) is 12.8 Å². The molecule has 20 heavy (non-hydrogen) atoms. The molecular formula is C11H11F3N2O4. The van der Waals surface area contributed by atoms with E-state index in [1.54, 1.807) is 0 Å². The summed E-state index contributed by atoms with van der Waals surface area (Å²) in [5.41, 5.74) is -3.53. The first-order chi connectivity index (χ1) is 9.24. The minimum atomic E-state index is -4.92. The van der Waals surface area contributed by atoms with Gasteiger partial charge in [0, 0.05) is 19.2 Å². The molecule has 1 saturated carbocycles. The van der Waals surface area contributed by atoms with Crippen LogP contribution in [-0.2, 0) is 10.9 Å². The molecule has 1 aromatic heterocycles. The molecule has 0 spiro atoms. The average molecular weight is 292 g/mol. The van der Waals surface area contributed by atoms with Crippen molar-refractivity contribution >= 4 is 5.69 Å². The van der Waals surface area contributed by atoms with Crippen LogP contribution in [0.3, 0.4) is 0 Å². The van der Waals surface area contributed by atoms with Gasteiger partial charge < -0.3 is 9.30 Å². The summed E-state index contributed by atoms with van der Waals surface area (Å²) >= 11 is 0. The molecule has 0 bridgehead atoms. The van der Waals surface area contributed by atoms with Gasteiger partial charge >= 0.3 is 6.18 Å². The fourth-order valence-electron chi connectivity index (χ4n) is 2.12. The third-order valence-corrected chi connectivity index (χ3v) is 3.34. The molecule has 6 nitrogen and oxygen atoms in total. The Hall–Kier alpha value is -1.90. The van der Waals surface area contributed by atoms with E-state index in [-0.39, 0.29) is 12.2 Å². The summed E-state index contributed by atoms with van der Waals surface area (Å²) in [6, 6.07) is -0.237. The Balaban J connectivity index is 2.49. The summed E-state index contributed by atoms with van der Waals surface area (Å²) < 4.78 is 44.0. The molecule has 0 amide bonds. The predicted octanol–water partition coefficient (Wildman–Crippen LogP) is 2.13. The SMILES string of the molecule is COC1CC(n2cc([N+](=O)[O-])cc(C(F)(F)F)c2=O)C1. The lowest BCUT2D eigenvalue weighted by Gasteiger charge is -2.35. The van der Waals surface area contributed by atoms with Gasteiger partial charge in [0.2, 0.25) is 0 Å². The van der Waals surface area contributed by atoms with Crippen LogP contribution in [0.4, 0.5) is 18.9 Å². The maximum atomic E-state index is 12.7. The second-order valence-corrected chi connectivity index (χ2v) is 4.56. The first kappa shape index (κ1) is 14.5. The van der Waals surface area contributed by atoms with Crippen molar-refractivity contribution in [2.45, 2.75) is 31.2 Å². The summed E-state index contributed by atoms with van der Waals surface area (Å²) in [4.78, 5) is 21.5. The van der Waals surface area contributed by atoms with Crippen LogP contribution >= 0.6 is 0 Å². The lowest BCUT2D eigenvalue weighted by Crippen LogP contribution is -2.39. The van der Waals surface area contributed by atoms with E-state index in [0.29, 0.717) is 12.8 Å². The molecule has 1 aromatic rings. The van der Waals surface area contributed by atoms with Crippen molar-refractivity contribution in [2.24, 2.45) is 0 Å². The minimum Gasteiger partial charge on any atom is -0.381 e. The first-order valence-electron chi connectivity index (χ1n) is 5.74. The number of halogens is 3.